The summed E-state index contributed by atoms with van der Waals surface area (Å²) in [6.07, 6.45) is -6.02. The largest absolute Gasteiger partial charge is 0.440 e. The average molecular weight is 375 g/mol. The number of likely N-dealkylation sites (N-methyl/N-ethyl adjacent to an activating group) is 1. The summed E-state index contributed by atoms with van der Waals surface area (Å²) in [5, 5.41) is 4.56. The van der Waals surface area contributed by atoms with Crippen molar-refractivity contribution >= 4 is 23.6 Å². The summed E-state index contributed by atoms with van der Waals surface area (Å²) in [6.45, 7) is 1.11. The van der Waals surface area contributed by atoms with Crippen LogP contribution in [-0.4, -0.2) is 55.7 Å². The van der Waals surface area contributed by atoms with E-state index < -0.39 is 37.2 Å². The first-order valence-corrected chi connectivity index (χ1v) is 7.57. The van der Waals surface area contributed by atoms with Crippen LogP contribution in [0.2, 0.25) is 0 Å². The summed E-state index contributed by atoms with van der Waals surface area (Å²) in [5.74, 6) is -1.11. The Labute approximate surface area is 148 Å². The van der Waals surface area contributed by atoms with Crippen molar-refractivity contribution in [3.05, 3.63) is 29.3 Å². The molecule has 10 heteroatoms. The summed E-state index contributed by atoms with van der Waals surface area (Å²) < 4.78 is 39.6. The number of hydrogen-bond acceptors (Lipinski definition) is 4. The van der Waals surface area contributed by atoms with Crippen LogP contribution in [0.3, 0.4) is 0 Å². The summed E-state index contributed by atoms with van der Waals surface area (Å²) in [7, 11) is 1.33. The molecule has 0 spiro atoms. The number of nitrogens with one attached hydrogen (secondary N) is 2. The van der Waals surface area contributed by atoms with Crippen molar-refractivity contribution in [2.75, 3.05) is 32.1 Å². The molecule has 1 aromatic rings. The predicted molar refractivity (Wildman–Crippen MR) is 87.6 cm³/mol. The van der Waals surface area contributed by atoms with Crippen LogP contribution in [0.5, 0.6) is 0 Å². The second-order valence-corrected chi connectivity index (χ2v) is 5.59. The summed E-state index contributed by atoms with van der Waals surface area (Å²) >= 11 is 0. The van der Waals surface area contributed by atoms with Gasteiger partial charge in [0.2, 0.25) is 11.8 Å². The molecule has 0 aliphatic rings. The molecule has 0 fully saturated rings. The van der Waals surface area contributed by atoms with E-state index in [1.165, 1.54) is 7.05 Å². The maximum atomic E-state index is 12.0. The lowest BCUT2D eigenvalue weighted by Gasteiger charge is -2.18. The third-order valence-electron chi connectivity index (χ3n) is 3.44. The van der Waals surface area contributed by atoms with Crippen LogP contribution in [0, 0.1) is 13.8 Å². The molecule has 3 amide bonds. The van der Waals surface area contributed by atoms with Crippen molar-refractivity contribution in [1.82, 2.24) is 10.2 Å². The number of benzene rings is 1. The molecule has 0 unspecified atom stereocenters. The quantitative estimate of drug-likeness (QED) is 0.796. The normalized spacial score (nSPS) is 10.8. The lowest BCUT2D eigenvalue weighted by Crippen LogP contribution is -2.42. The molecule has 0 radical (unpaired) electrons. The molecular weight excluding hydrogens is 355 g/mol. The average Bonchev–Trinajstić information content (AvgIpc) is 2.54. The molecule has 1 aromatic carbocycles. The van der Waals surface area contributed by atoms with E-state index in [9.17, 15) is 27.6 Å². The van der Waals surface area contributed by atoms with Gasteiger partial charge in [-0.15, -0.1) is 0 Å². The Kier molecular flexibility index (Phi) is 7.41. The molecule has 0 aromatic heterocycles. The topological polar surface area (TPSA) is 87.7 Å². The predicted octanol–water partition coefficient (Wildman–Crippen LogP) is 1.99. The highest BCUT2D eigenvalue weighted by molar-refractivity contribution is 5.95. The number of alkyl carbamates (subject to hydrolysis) is 1. The molecule has 0 aliphatic heterocycles. The highest BCUT2D eigenvalue weighted by Crippen LogP contribution is 2.17. The van der Waals surface area contributed by atoms with E-state index in [0.29, 0.717) is 5.69 Å². The van der Waals surface area contributed by atoms with E-state index in [1.807, 2.05) is 25.2 Å². The van der Waals surface area contributed by atoms with Gasteiger partial charge in [0.1, 0.15) is 6.54 Å². The first-order valence-electron chi connectivity index (χ1n) is 7.57. The lowest BCUT2D eigenvalue weighted by molar-refractivity contribution is -0.160. The Morgan fingerprint density at radius 2 is 1.85 bits per heavy atom. The van der Waals surface area contributed by atoms with Gasteiger partial charge < -0.3 is 20.3 Å². The molecule has 0 atom stereocenters. The molecule has 144 valence electrons. The number of carbonyl (C=O) groups excluding carboxylic acids is 3. The Bertz CT molecular complexity index is 677. The van der Waals surface area contributed by atoms with Crippen LogP contribution < -0.4 is 10.6 Å². The number of amides is 3. The van der Waals surface area contributed by atoms with Crippen LogP contribution in [0.1, 0.15) is 11.1 Å². The van der Waals surface area contributed by atoms with Crippen LogP contribution in [0.4, 0.5) is 23.7 Å². The number of hydrogen-bond donors (Lipinski definition) is 2. The fourth-order valence-corrected chi connectivity index (χ4v) is 1.86. The molecule has 0 saturated carbocycles. The van der Waals surface area contributed by atoms with Gasteiger partial charge in [-0.3, -0.25) is 9.59 Å². The molecule has 0 aliphatic carbocycles. The Balaban J connectivity index is 2.42. The van der Waals surface area contributed by atoms with E-state index in [1.54, 1.807) is 12.1 Å². The number of carbonyl (C=O) groups is 3. The van der Waals surface area contributed by atoms with Crippen molar-refractivity contribution in [1.29, 1.82) is 0 Å². The van der Waals surface area contributed by atoms with Gasteiger partial charge in [-0.25, -0.2) is 4.79 Å². The molecule has 1 rings (SSSR count). The van der Waals surface area contributed by atoms with Crippen LogP contribution in [0.25, 0.3) is 0 Å². The van der Waals surface area contributed by atoms with E-state index in [0.717, 1.165) is 16.0 Å². The van der Waals surface area contributed by atoms with Gasteiger partial charge in [0.25, 0.3) is 0 Å². The van der Waals surface area contributed by atoms with Crippen molar-refractivity contribution in [2.24, 2.45) is 0 Å². The number of alkyl halides is 3. The van der Waals surface area contributed by atoms with Crippen molar-refractivity contribution in [3.8, 4) is 0 Å². The number of ether oxygens (including phenoxy) is 1. The Morgan fingerprint density at radius 1 is 1.19 bits per heavy atom. The van der Waals surface area contributed by atoms with Crippen LogP contribution >= 0.6 is 0 Å². The van der Waals surface area contributed by atoms with Crippen molar-refractivity contribution < 1.29 is 32.3 Å². The number of nitrogens with zero attached hydrogens (tertiary/aromatic N) is 1. The van der Waals surface area contributed by atoms with Gasteiger partial charge in [0.15, 0.2) is 6.61 Å². The fourth-order valence-electron chi connectivity index (χ4n) is 1.86. The summed E-state index contributed by atoms with van der Waals surface area (Å²) in [6, 6.07) is 5.40. The third kappa shape index (κ3) is 7.41. The van der Waals surface area contributed by atoms with Crippen molar-refractivity contribution in [2.45, 2.75) is 20.0 Å². The van der Waals surface area contributed by atoms with E-state index in [4.69, 9.17) is 0 Å². The van der Waals surface area contributed by atoms with Crippen LogP contribution in [-0.2, 0) is 14.3 Å². The third-order valence-corrected chi connectivity index (χ3v) is 3.44. The zero-order chi connectivity index (χ0) is 19.9. The van der Waals surface area contributed by atoms with Gasteiger partial charge in [0, 0.05) is 12.7 Å². The Morgan fingerprint density at radius 3 is 2.46 bits per heavy atom. The zero-order valence-corrected chi connectivity index (χ0v) is 14.6. The van der Waals surface area contributed by atoms with E-state index in [-0.39, 0.29) is 6.54 Å². The minimum atomic E-state index is -4.65. The minimum absolute atomic E-state index is 0.286. The SMILES string of the molecule is Cc1cccc(NC(=O)CN(C)C(=O)CNC(=O)OCC(F)(F)F)c1C. The second kappa shape index (κ2) is 9.07. The summed E-state index contributed by atoms with van der Waals surface area (Å²) in [4.78, 5) is 35.9. The van der Waals surface area contributed by atoms with Crippen LogP contribution in [0.15, 0.2) is 18.2 Å². The first-order chi connectivity index (χ1) is 12.0. The maximum Gasteiger partial charge on any atom is 0.422 e. The monoisotopic (exact) mass is 375 g/mol. The number of halogens is 3. The maximum absolute atomic E-state index is 12.0. The van der Waals surface area contributed by atoms with Gasteiger partial charge in [-0.2, -0.15) is 13.2 Å². The van der Waals surface area contributed by atoms with E-state index in [2.05, 4.69) is 10.1 Å². The Hall–Kier alpha value is -2.78. The smallest absolute Gasteiger partial charge is 0.422 e. The molecule has 26 heavy (non-hydrogen) atoms. The van der Waals surface area contributed by atoms with Gasteiger partial charge in [-0.1, -0.05) is 12.1 Å². The van der Waals surface area contributed by atoms with Gasteiger partial charge >= 0.3 is 12.3 Å². The van der Waals surface area contributed by atoms with Gasteiger partial charge in [-0.05, 0) is 31.0 Å². The number of anilines is 1. The second-order valence-electron chi connectivity index (χ2n) is 5.59. The molecule has 0 bridgehead atoms. The minimum Gasteiger partial charge on any atom is -0.440 e. The molecule has 0 heterocycles. The molecule has 2 N–H and O–H groups in total. The van der Waals surface area contributed by atoms with Crippen molar-refractivity contribution in [3.63, 3.8) is 0 Å². The van der Waals surface area contributed by atoms with E-state index >= 15 is 0 Å². The molecule has 7 nitrogen and oxygen atoms in total. The molecular formula is C16H20F3N3O4. The fraction of sp³-hybridized carbons (Fsp3) is 0.438. The first kappa shape index (κ1) is 21.3. The van der Waals surface area contributed by atoms with Gasteiger partial charge in [0.05, 0.1) is 6.54 Å². The zero-order valence-electron chi connectivity index (χ0n) is 14.6. The lowest BCUT2D eigenvalue weighted by atomic mass is 10.1. The molecule has 0 saturated heterocycles. The standard InChI is InChI=1S/C16H20F3N3O4/c1-10-5-4-6-12(11(10)2)21-13(23)8-22(3)14(24)7-20-15(25)26-9-16(17,18)19/h4-6H,7-9H2,1-3H3,(H,20,25)(H,21,23). The number of rotatable bonds is 6. The highest BCUT2D eigenvalue weighted by atomic mass is 19.4. The number of aryl methyl sites for hydroxylation is 1. The summed E-state index contributed by atoms with van der Waals surface area (Å²) in [5.41, 5.74) is 2.50. The highest BCUT2D eigenvalue weighted by Gasteiger charge is 2.29.